The van der Waals surface area contributed by atoms with E-state index in [1.165, 1.54) is 37.3 Å². The van der Waals surface area contributed by atoms with Gasteiger partial charge in [-0.1, -0.05) is 61.3 Å². The van der Waals surface area contributed by atoms with Crippen molar-refractivity contribution in [2.24, 2.45) is 0 Å². The molecule has 42 heavy (non-hydrogen) atoms. The second-order valence-electron chi connectivity index (χ2n) is 9.69. The first-order valence-corrected chi connectivity index (χ1v) is 15.5. The number of hydrogen-bond donors (Lipinski definition) is 1. The molecule has 0 unspecified atom stereocenters. The third kappa shape index (κ3) is 7.74. The molecule has 0 aromatic heterocycles. The molecule has 0 saturated heterocycles. The van der Waals surface area contributed by atoms with E-state index < -0.39 is 28.5 Å². The second kappa shape index (κ2) is 14.9. The van der Waals surface area contributed by atoms with Crippen LogP contribution < -0.4 is 19.1 Å². The van der Waals surface area contributed by atoms with Crippen molar-refractivity contribution in [3.05, 3.63) is 82.9 Å². The van der Waals surface area contributed by atoms with Crippen molar-refractivity contribution >= 4 is 39.1 Å². The van der Waals surface area contributed by atoms with E-state index in [9.17, 15) is 18.0 Å². The van der Waals surface area contributed by atoms with Crippen LogP contribution in [0.3, 0.4) is 0 Å². The summed E-state index contributed by atoms with van der Waals surface area (Å²) in [4.78, 5) is 28.7. The highest BCUT2D eigenvalue weighted by Gasteiger charge is 2.34. The van der Waals surface area contributed by atoms with E-state index in [-0.39, 0.29) is 23.1 Å². The highest BCUT2D eigenvalue weighted by molar-refractivity contribution is 7.92. The van der Waals surface area contributed by atoms with Crippen molar-refractivity contribution < 1.29 is 27.5 Å². The number of aryl methyl sites for hydroxylation is 1. The summed E-state index contributed by atoms with van der Waals surface area (Å²) in [5, 5.41) is 3.30. The summed E-state index contributed by atoms with van der Waals surface area (Å²) in [6.45, 7) is 5.55. The average Bonchev–Trinajstić information content (AvgIpc) is 2.99. The maximum Gasteiger partial charge on any atom is 0.264 e. The number of carbonyl (C=O) groups is 2. The number of anilines is 1. The van der Waals surface area contributed by atoms with Crippen molar-refractivity contribution in [1.82, 2.24) is 10.2 Å². The summed E-state index contributed by atoms with van der Waals surface area (Å²) in [6.07, 6.45) is 1.05. The molecule has 0 radical (unpaired) electrons. The molecule has 1 N–H and O–H groups in total. The van der Waals surface area contributed by atoms with Crippen molar-refractivity contribution in [2.75, 3.05) is 31.6 Å². The molecule has 0 aliphatic carbocycles. The summed E-state index contributed by atoms with van der Waals surface area (Å²) in [5.74, 6) is -0.278. The molecular weight excluding hydrogens is 578 g/mol. The zero-order chi connectivity index (χ0) is 30.9. The van der Waals surface area contributed by atoms with E-state index in [2.05, 4.69) is 5.32 Å². The summed E-state index contributed by atoms with van der Waals surface area (Å²) >= 11 is 6.44. The molecule has 3 aromatic carbocycles. The fraction of sp³-hybridized carbons (Fsp3) is 0.355. The van der Waals surface area contributed by atoms with Crippen LogP contribution in [0.2, 0.25) is 5.02 Å². The van der Waals surface area contributed by atoms with Crippen LogP contribution in [0, 0.1) is 6.92 Å². The van der Waals surface area contributed by atoms with E-state index >= 15 is 0 Å². The van der Waals surface area contributed by atoms with Crippen LogP contribution in [0.5, 0.6) is 11.5 Å². The first-order chi connectivity index (χ1) is 20.1. The van der Waals surface area contributed by atoms with Gasteiger partial charge in [0.25, 0.3) is 10.0 Å². The highest BCUT2D eigenvalue weighted by Crippen LogP contribution is 2.32. The van der Waals surface area contributed by atoms with Crippen molar-refractivity contribution in [3.63, 3.8) is 0 Å². The topological polar surface area (TPSA) is 105 Å². The van der Waals surface area contributed by atoms with Gasteiger partial charge in [0.05, 0.1) is 24.8 Å². The summed E-state index contributed by atoms with van der Waals surface area (Å²) in [6, 6.07) is 17.3. The van der Waals surface area contributed by atoms with Gasteiger partial charge in [0.1, 0.15) is 12.6 Å². The Morgan fingerprint density at radius 2 is 1.62 bits per heavy atom. The monoisotopic (exact) mass is 615 g/mol. The predicted molar refractivity (Wildman–Crippen MR) is 165 cm³/mol. The van der Waals surface area contributed by atoms with E-state index in [0.717, 1.165) is 16.3 Å². The standard InChI is InChI=1S/C31H38ClN3O6S/c1-6-18-33-31(37)27(7-2)34(20-23-10-8-9-11-26(23)32)30(36)21-35(24-14-12-22(3)13-15-24)42(38,39)25-16-17-28(40-4)29(19-25)41-5/h8-17,19,27H,6-7,18,20-21H2,1-5H3,(H,33,37)/t27-/m0/s1. The molecule has 1 atom stereocenters. The van der Waals surface area contributed by atoms with Gasteiger partial charge < -0.3 is 19.7 Å². The number of benzene rings is 3. The maximum absolute atomic E-state index is 14.1. The van der Waals surface area contributed by atoms with Gasteiger partial charge in [0, 0.05) is 24.2 Å². The van der Waals surface area contributed by atoms with Gasteiger partial charge >= 0.3 is 0 Å². The molecule has 11 heteroatoms. The Hall–Kier alpha value is -3.76. The van der Waals surface area contributed by atoms with Crippen LogP contribution in [0.25, 0.3) is 0 Å². The fourth-order valence-electron chi connectivity index (χ4n) is 4.44. The number of nitrogens with zero attached hydrogens (tertiary/aromatic N) is 2. The van der Waals surface area contributed by atoms with Gasteiger partial charge in [-0.15, -0.1) is 0 Å². The molecule has 0 aliphatic heterocycles. The van der Waals surface area contributed by atoms with Crippen LogP contribution in [0.15, 0.2) is 71.6 Å². The number of ether oxygens (including phenoxy) is 2. The number of amides is 2. The number of methoxy groups -OCH3 is 2. The molecule has 3 aromatic rings. The van der Waals surface area contributed by atoms with Crippen LogP contribution in [-0.4, -0.2) is 58.5 Å². The third-order valence-corrected chi connectivity index (χ3v) is 8.92. The lowest BCUT2D eigenvalue weighted by Gasteiger charge is -2.33. The Labute approximate surface area is 253 Å². The van der Waals surface area contributed by atoms with Crippen LogP contribution in [0.4, 0.5) is 5.69 Å². The minimum Gasteiger partial charge on any atom is -0.493 e. The molecule has 9 nitrogen and oxygen atoms in total. The number of halogens is 1. The number of hydrogen-bond acceptors (Lipinski definition) is 6. The molecule has 226 valence electrons. The number of rotatable bonds is 14. The van der Waals surface area contributed by atoms with Crippen LogP contribution in [0.1, 0.15) is 37.8 Å². The van der Waals surface area contributed by atoms with Gasteiger partial charge in [-0.25, -0.2) is 8.42 Å². The van der Waals surface area contributed by atoms with Gasteiger partial charge in [0.2, 0.25) is 11.8 Å². The summed E-state index contributed by atoms with van der Waals surface area (Å²) < 4.78 is 39.9. The molecule has 3 rings (SSSR count). The Kier molecular flexibility index (Phi) is 11.6. The lowest BCUT2D eigenvalue weighted by molar-refractivity contribution is -0.140. The molecule has 0 spiro atoms. The lowest BCUT2D eigenvalue weighted by Crippen LogP contribution is -2.52. The zero-order valence-electron chi connectivity index (χ0n) is 24.6. The second-order valence-corrected chi connectivity index (χ2v) is 12.0. The van der Waals surface area contributed by atoms with Crippen LogP contribution >= 0.6 is 11.6 Å². The predicted octanol–water partition coefficient (Wildman–Crippen LogP) is 5.19. The lowest BCUT2D eigenvalue weighted by atomic mass is 10.1. The summed E-state index contributed by atoms with van der Waals surface area (Å²) in [5.41, 5.74) is 1.86. The van der Waals surface area contributed by atoms with Gasteiger partial charge in [0.15, 0.2) is 11.5 Å². The molecule has 0 bridgehead atoms. The van der Waals surface area contributed by atoms with Crippen LogP contribution in [-0.2, 0) is 26.2 Å². The fourth-order valence-corrected chi connectivity index (χ4v) is 6.07. The maximum atomic E-state index is 14.1. The van der Waals surface area contributed by atoms with Gasteiger partial charge in [-0.2, -0.15) is 0 Å². The van der Waals surface area contributed by atoms with E-state index in [1.807, 2.05) is 13.8 Å². The molecule has 0 heterocycles. The van der Waals surface area contributed by atoms with Crippen molar-refractivity contribution in [2.45, 2.75) is 51.1 Å². The molecule has 0 aliphatic rings. The SMILES string of the molecule is CCCNC(=O)[C@H](CC)N(Cc1ccccc1Cl)C(=O)CN(c1ccc(C)cc1)S(=O)(=O)c1ccc(OC)c(OC)c1. The summed E-state index contributed by atoms with van der Waals surface area (Å²) in [7, 11) is -1.41. The number of carbonyl (C=O) groups excluding carboxylic acids is 2. The quantitative estimate of drug-likeness (QED) is 0.267. The van der Waals surface area contributed by atoms with E-state index in [0.29, 0.717) is 35.0 Å². The van der Waals surface area contributed by atoms with E-state index in [4.69, 9.17) is 21.1 Å². The van der Waals surface area contributed by atoms with Gasteiger partial charge in [-0.05, 0) is 55.7 Å². The minimum absolute atomic E-state index is 0.0225. The molecule has 0 saturated carbocycles. The Morgan fingerprint density at radius 1 is 0.952 bits per heavy atom. The highest BCUT2D eigenvalue weighted by atomic mass is 35.5. The Bertz CT molecular complexity index is 1480. The van der Waals surface area contributed by atoms with E-state index in [1.54, 1.807) is 55.5 Å². The number of sulfonamides is 1. The minimum atomic E-state index is -4.28. The molecular formula is C31H38ClN3O6S. The smallest absolute Gasteiger partial charge is 0.264 e. The molecule has 0 fully saturated rings. The van der Waals surface area contributed by atoms with Crippen molar-refractivity contribution in [3.8, 4) is 11.5 Å². The molecule has 2 amide bonds. The average molecular weight is 616 g/mol. The zero-order valence-corrected chi connectivity index (χ0v) is 26.2. The largest absolute Gasteiger partial charge is 0.493 e. The third-order valence-electron chi connectivity index (χ3n) is 6.78. The number of nitrogens with one attached hydrogen (secondary N) is 1. The Morgan fingerprint density at radius 3 is 2.21 bits per heavy atom. The first-order valence-electron chi connectivity index (χ1n) is 13.7. The Balaban J connectivity index is 2.10. The van der Waals surface area contributed by atoms with Gasteiger partial charge in [-0.3, -0.25) is 13.9 Å². The first kappa shape index (κ1) is 32.8. The van der Waals surface area contributed by atoms with Crippen molar-refractivity contribution in [1.29, 1.82) is 0 Å². The normalized spacial score (nSPS) is 11.9.